The van der Waals surface area contributed by atoms with Crippen LogP contribution in [0.15, 0.2) is 24.3 Å². The van der Waals surface area contributed by atoms with E-state index in [2.05, 4.69) is 6.07 Å². The molecule has 2 nitrogen and oxygen atoms in total. The van der Waals surface area contributed by atoms with Gasteiger partial charge in [0.1, 0.15) is 6.29 Å². The number of aldehydes is 1. The first kappa shape index (κ1) is 10.5. The van der Waals surface area contributed by atoms with Gasteiger partial charge >= 0.3 is 0 Å². The van der Waals surface area contributed by atoms with Crippen LogP contribution in [0, 0.1) is 11.3 Å². The van der Waals surface area contributed by atoms with Crippen molar-refractivity contribution in [2.24, 2.45) is 0 Å². The summed E-state index contributed by atoms with van der Waals surface area (Å²) < 4.78 is 0. The lowest BCUT2D eigenvalue weighted by molar-refractivity contribution is 0.112. The summed E-state index contributed by atoms with van der Waals surface area (Å²) in [6, 6.07) is 9.71. The molecular weight excluding hydrogens is 174 g/mol. The molecule has 0 heterocycles. The Bertz CT molecular complexity index is 321. The van der Waals surface area contributed by atoms with Crippen molar-refractivity contribution in [2.45, 2.75) is 25.7 Å². The number of benzene rings is 1. The largest absolute Gasteiger partial charge is 0.298 e. The van der Waals surface area contributed by atoms with Gasteiger partial charge in [-0.1, -0.05) is 24.3 Å². The Morgan fingerprint density at radius 3 is 2.50 bits per heavy atom. The maximum absolute atomic E-state index is 10.4. The zero-order chi connectivity index (χ0) is 10.2. The fraction of sp³-hybridized carbons (Fsp3) is 0.333. The summed E-state index contributed by atoms with van der Waals surface area (Å²) in [6.07, 6.45) is 4.45. The molecule has 0 saturated carbocycles. The summed E-state index contributed by atoms with van der Waals surface area (Å²) in [7, 11) is 0. The number of carbonyl (C=O) groups is 1. The van der Waals surface area contributed by atoms with Gasteiger partial charge < -0.3 is 0 Å². The summed E-state index contributed by atoms with van der Waals surface area (Å²) in [4.78, 5) is 10.4. The van der Waals surface area contributed by atoms with Gasteiger partial charge in [0.05, 0.1) is 6.07 Å². The van der Waals surface area contributed by atoms with E-state index in [1.807, 2.05) is 24.3 Å². The standard InChI is InChI=1S/C12H13NO/c13-9-3-1-2-4-11-5-7-12(10-14)8-6-11/h5-8,10H,1-4H2. The van der Waals surface area contributed by atoms with Crippen molar-refractivity contribution in [3.05, 3.63) is 35.4 Å². The van der Waals surface area contributed by atoms with Gasteiger partial charge in [-0.15, -0.1) is 0 Å². The molecule has 0 amide bonds. The first-order chi connectivity index (χ1) is 6.86. The fourth-order valence-electron chi connectivity index (χ4n) is 1.30. The molecule has 0 saturated heterocycles. The zero-order valence-electron chi connectivity index (χ0n) is 8.07. The van der Waals surface area contributed by atoms with Gasteiger partial charge in [-0.3, -0.25) is 4.79 Å². The van der Waals surface area contributed by atoms with E-state index in [-0.39, 0.29) is 0 Å². The van der Waals surface area contributed by atoms with Crippen molar-refractivity contribution in [3.63, 3.8) is 0 Å². The van der Waals surface area contributed by atoms with E-state index >= 15 is 0 Å². The van der Waals surface area contributed by atoms with Crippen LogP contribution in [0.2, 0.25) is 0 Å². The molecule has 0 aliphatic rings. The Hall–Kier alpha value is -1.62. The third-order valence-electron chi connectivity index (χ3n) is 2.12. The molecule has 1 rings (SSSR count). The minimum atomic E-state index is 0.631. The molecule has 0 radical (unpaired) electrons. The number of unbranched alkanes of at least 4 members (excludes halogenated alkanes) is 2. The van der Waals surface area contributed by atoms with Gasteiger partial charge in [-0.05, 0) is 24.8 Å². The summed E-state index contributed by atoms with van der Waals surface area (Å²) in [5.74, 6) is 0. The van der Waals surface area contributed by atoms with Crippen molar-refractivity contribution in [3.8, 4) is 6.07 Å². The lowest BCUT2D eigenvalue weighted by Crippen LogP contribution is -1.86. The topological polar surface area (TPSA) is 40.9 Å². The van der Waals surface area contributed by atoms with Crippen LogP contribution < -0.4 is 0 Å². The van der Waals surface area contributed by atoms with Crippen LogP contribution in [0.1, 0.15) is 35.2 Å². The maximum Gasteiger partial charge on any atom is 0.150 e. The average Bonchev–Trinajstić information content (AvgIpc) is 2.25. The maximum atomic E-state index is 10.4. The summed E-state index contributed by atoms with van der Waals surface area (Å²) in [6.45, 7) is 0. The van der Waals surface area contributed by atoms with Crippen LogP contribution in [-0.4, -0.2) is 6.29 Å². The third-order valence-corrected chi connectivity index (χ3v) is 2.12. The predicted octanol–water partition coefficient (Wildman–Crippen LogP) is 2.74. The number of hydrogen-bond donors (Lipinski definition) is 0. The fourth-order valence-corrected chi connectivity index (χ4v) is 1.30. The molecule has 72 valence electrons. The normalized spacial score (nSPS) is 9.36. The molecule has 2 heteroatoms. The smallest absolute Gasteiger partial charge is 0.150 e. The minimum Gasteiger partial charge on any atom is -0.298 e. The van der Waals surface area contributed by atoms with Crippen molar-refractivity contribution < 1.29 is 4.79 Å². The Kier molecular flexibility index (Phi) is 4.43. The van der Waals surface area contributed by atoms with E-state index in [9.17, 15) is 4.79 Å². The van der Waals surface area contributed by atoms with Crippen molar-refractivity contribution in [1.29, 1.82) is 5.26 Å². The van der Waals surface area contributed by atoms with Crippen LogP contribution in [0.4, 0.5) is 0 Å². The first-order valence-corrected chi connectivity index (χ1v) is 4.78. The van der Waals surface area contributed by atoms with Gasteiger partial charge in [-0.2, -0.15) is 5.26 Å². The van der Waals surface area contributed by atoms with Crippen LogP contribution in [0.25, 0.3) is 0 Å². The summed E-state index contributed by atoms with van der Waals surface area (Å²) >= 11 is 0. The highest BCUT2D eigenvalue weighted by molar-refractivity contribution is 5.74. The van der Waals surface area contributed by atoms with Gasteiger partial charge in [0.2, 0.25) is 0 Å². The molecule has 0 unspecified atom stereocenters. The third kappa shape index (κ3) is 3.40. The predicted molar refractivity (Wildman–Crippen MR) is 55.0 cm³/mol. The Labute approximate surface area is 84.2 Å². The SMILES string of the molecule is N#CCCCCc1ccc(C=O)cc1. The summed E-state index contributed by atoms with van der Waals surface area (Å²) in [5.41, 5.74) is 1.94. The monoisotopic (exact) mass is 187 g/mol. The van der Waals surface area contributed by atoms with E-state index < -0.39 is 0 Å². The van der Waals surface area contributed by atoms with Gasteiger partial charge in [0, 0.05) is 12.0 Å². The minimum absolute atomic E-state index is 0.631. The highest BCUT2D eigenvalue weighted by Gasteiger charge is 1.94. The first-order valence-electron chi connectivity index (χ1n) is 4.78. The van der Waals surface area contributed by atoms with Crippen molar-refractivity contribution in [2.75, 3.05) is 0 Å². The number of nitrogens with zero attached hydrogens (tertiary/aromatic N) is 1. The van der Waals surface area contributed by atoms with Gasteiger partial charge in [0.15, 0.2) is 0 Å². The lowest BCUT2D eigenvalue weighted by atomic mass is 10.1. The number of rotatable bonds is 5. The molecule has 0 fully saturated rings. The van der Waals surface area contributed by atoms with E-state index in [4.69, 9.17) is 5.26 Å². The van der Waals surface area contributed by atoms with Gasteiger partial charge in [0.25, 0.3) is 0 Å². The van der Waals surface area contributed by atoms with E-state index in [1.165, 1.54) is 5.56 Å². The Balaban J connectivity index is 2.37. The molecule has 0 aliphatic carbocycles. The van der Waals surface area contributed by atoms with E-state index in [0.717, 1.165) is 25.5 Å². The number of aryl methyl sites for hydroxylation is 1. The molecule has 0 N–H and O–H groups in total. The van der Waals surface area contributed by atoms with Crippen molar-refractivity contribution in [1.82, 2.24) is 0 Å². The second-order valence-electron chi connectivity index (χ2n) is 3.22. The number of nitriles is 1. The quantitative estimate of drug-likeness (QED) is 0.525. The van der Waals surface area contributed by atoms with Gasteiger partial charge in [-0.25, -0.2) is 0 Å². The lowest BCUT2D eigenvalue weighted by Gasteiger charge is -1.99. The number of carbonyl (C=O) groups excluding carboxylic acids is 1. The second-order valence-corrected chi connectivity index (χ2v) is 3.22. The van der Waals surface area contributed by atoms with E-state index in [1.54, 1.807) is 0 Å². The highest BCUT2D eigenvalue weighted by atomic mass is 16.1. The number of hydrogen-bond acceptors (Lipinski definition) is 2. The average molecular weight is 187 g/mol. The van der Waals surface area contributed by atoms with E-state index in [0.29, 0.717) is 12.0 Å². The molecule has 1 aromatic rings. The van der Waals surface area contributed by atoms with Crippen LogP contribution >= 0.6 is 0 Å². The Morgan fingerprint density at radius 1 is 1.21 bits per heavy atom. The molecule has 0 bridgehead atoms. The molecule has 0 aliphatic heterocycles. The molecule has 0 spiro atoms. The zero-order valence-corrected chi connectivity index (χ0v) is 8.07. The Morgan fingerprint density at radius 2 is 1.93 bits per heavy atom. The molecular formula is C12H13NO. The van der Waals surface area contributed by atoms with Crippen molar-refractivity contribution >= 4 is 6.29 Å². The van der Waals surface area contributed by atoms with Crippen LogP contribution in [-0.2, 0) is 6.42 Å². The molecule has 14 heavy (non-hydrogen) atoms. The second kappa shape index (κ2) is 5.93. The van der Waals surface area contributed by atoms with Crippen LogP contribution in [0.3, 0.4) is 0 Å². The molecule has 0 aromatic heterocycles. The van der Waals surface area contributed by atoms with Crippen LogP contribution in [0.5, 0.6) is 0 Å². The summed E-state index contributed by atoms with van der Waals surface area (Å²) in [5, 5.41) is 8.34. The molecule has 1 aromatic carbocycles. The highest BCUT2D eigenvalue weighted by Crippen LogP contribution is 2.07. The molecule has 0 atom stereocenters.